The Bertz CT molecular complexity index is 701. The summed E-state index contributed by atoms with van der Waals surface area (Å²) < 4.78 is 0. The van der Waals surface area contributed by atoms with Crippen LogP contribution in [0.3, 0.4) is 0 Å². The van der Waals surface area contributed by atoms with E-state index in [4.69, 9.17) is 0 Å². The van der Waals surface area contributed by atoms with Crippen LogP contribution in [-0.4, -0.2) is 0 Å². The number of rotatable bonds is 5. The first-order valence-electron chi connectivity index (χ1n) is 8.70. The summed E-state index contributed by atoms with van der Waals surface area (Å²) >= 11 is 0. The summed E-state index contributed by atoms with van der Waals surface area (Å²) in [5.74, 6) is 0.381. The highest BCUT2D eigenvalue weighted by Gasteiger charge is 2.23. The van der Waals surface area contributed by atoms with Crippen molar-refractivity contribution in [2.24, 2.45) is 0 Å². The van der Waals surface area contributed by atoms with Crippen molar-refractivity contribution in [2.45, 2.75) is 46.0 Å². The van der Waals surface area contributed by atoms with Gasteiger partial charge in [-0.3, -0.25) is 0 Å². The minimum atomic E-state index is 0.381. The van der Waals surface area contributed by atoms with Gasteiger partial charge in [0.25, 0.3) is 0 Å². The molecular weight excluding hydrogens is 276 g/mol. The smallest absolute Gasteiger partial charge is 0.0308 e. The molecule has 0 atom stereocenters. The molecule has 3 rings (SSSR count). The fourth-order valence-corrected chi connectivity index (χ4v) is 3.68. The average molecular weight is 302 g/mol. The van der Waals surface area contributed by atoms with Gasteiger partial charge in [0.2, 0.25) is 0 Å². The zero-order chi connectivity index (χ0) is 16.2. The molecule has 0 saturated heterocycles. The van der Waals surface area contributed by atoms with Crippen LogP contribution in [0.15, 0.2) is 71.8 Å². The van der Waals surface area contributed by atoms with E-state index in [2.05, 4.69) is 81.5 Å². The van der Waals surface area contributed by atoms with Crippen molar-refractivity contribution in [2.75, 3.05) is 0 Å². The maximum atomic E-state index is 2.35. The Morgan fingerprint density at radius 3 is 2.04 bits per heavy atom. The average Bonchev–Trinajstić information content (AvgIpc) is 2.96. The van der Waals surface area contributed by atoms with Gasteiger partial charge in [0.1, 0.15) is 0 Å². The van der Waals surface area contributed by atoms with Gasteiger partial charge < -0.3 is 0 Å². The lowest BCUT2D eigenvalue weighted by Gasteiger charge is -2.23. The highest BCUT2D eigenvalue weighted by Crippen LogP contribution is 2.40. The molecule has 0 unspecified atom stereocenters. The molecule has 0 N–H and O–H groups in total. The summed E-state index contributed by atoms with van der Waals surface area (Å²) in [6, 6.07) is 18.0. The van der Waals surface area contributed by atoms with Gasteiger partial charge in [0.05, 0.1) is 0 Å². The normalized spacial score (nSPS) is 14.1. The molecule has 0 aromatic heterocycles. The molecule has 0 heteroatoms. The molecule has 23 heavy (non-hydrogen) atoms. The Kier molecular flexibility index (Phi) is 4.81. The molecule has 0 nitrogen and oxygen atoms in total. The summed E-state index contributed by atoms with van der Waals surface area (Å²) in [6.45, 7) is 6.64. The molecule has 0 aliphatic heterocycles. The van der Waals surface area contributed by atoms with Crippen molar-refractivity contribution >= 4 is 0 Å². The summed E-state index contributed by atoms with van der Waals surface area (Å²) in [6.07, 6.45) is 8.15. The Balaban J connectivity index is 2.13. The first-order chi connectivity index (χ1) is 11.2. The van der Waals surface area contributed by atoms with E-state index in [0.29, 0.717) is 5.92 Å². The third kappa shape index (κ3) is 3.47. The predicted octanol–water partition coefficient (Wildman–Crippen LogP) is 6.49. The van der Waals surface area contributed by atoms with E-state index in [1.165, 1.54) is 35.1 Å². The molecule has 0 saturated carbocycles. The Morgan fingerprint density at radius 2 is 1.52 bits per heavy atom. The third-order valence-corrected chi connectivity index (χ3v) is 4.69. The van der Waals surface area contributed by atoms with Crippen molar-refractivity contribution in [3.63, 3.8) is 0 Å². The molecule has 0 heterocycles. The molecule has 118 valence electrons. The van der Waals surface area contributed by atoms with E-state index >= 15 is 0 Å². The van der Waals surface area contributed by atoms with Gasteiger partial charge in [-0.25, -0.2) is 0 Å². The molecule has 0 fully saturated rings. The van der Waals surface area contributed by atoms with Crippen molar-refractivity contribution in [3.05, 3.63) is 94.1 Å². The van der Waals surface area contributed by atoms with Crippen molar-refractivity contribution < 1.29 is 0 Å². The SMILES string of the molecule is CCCC1=C(C(c2cccc(C)c2)c2cccc(C)c2)CC=C1. The summed E-state index contributed by atoms with van der Waals surface area (Å²) in [5.41, 5.74) is 8.64. The number of hydrogen-bond acceptors (Lipinski definition) is 0. The van der Waals surface area contributed by atoms with Gasteiger partial charge in [-0.2, -0.15) is 0 Å². The van der Waals surface area contributed by atoms with E-state index in [1.807, 2.05) is 0 Å². The van der Waals surface area contributed by atoms with Crippen LogP contribution < -0.4 is 0 Å². The summed E-state index contributed by atoms with van der Waals surface area (Å²) in [4.78, 5) is 0. The van der Waals surface area contributed by atoms with Crippen LogP contribution in [0.4, 0.5) is 0 Å². The molecule has 0 bridgehead atoms. The zero-order valence-electron chi connectivity index (χ0n) is 14.5. The zero-order valence-corrected chi connectivity index (χ0v) is 14.5. The molecule has 2 aromatic carbocycles. The molecular formula is C23H26. The maximum absolute atomic E-state index is 2.35. The Labute approximate surface area is 140 Å². The predicted molar refractivity (Wildman–Crippen MR) is 99.9 cm³/mol. The summed E-state index contributed by atoms with van der Waals surface area (Å²) in [7, 11) is 0. The molecule has 1 aliphatic rings. The van der Waals surface area contributed by atoms with Crippen LogP contribution in [-0.2, 0) is 0 Å². The maximum Gasteiger partial charge on any atom is 0.0308 e. The fraction of sp³-hybridized carbons (Fsp3) is 0.304. The van der Waals surface area contributed by atoms with E-state index in [0.717, 1.165) is 6.42 Å². The number of hydrogen-bond donors (Lipinski definition) is 0. The molecule has 0 spiro atoms. The van der Waals surface area contributed by atoms with Crippen LogP contribution in [0, 0.1) is 13.8 Å². The van der Waals surface area contributed by atoms with Gasteiger partial charge in [0.15, 0.2) is 0 Å². The van der Waals surface area contributed by atoms with Gasteiger partial charge in [0, 0.05) is 5.92 Å². The lowest BCUT2D eigenvalue weighted by Crippen LogP contribution is -2.06. The second-order valence-electron chi connectivity index (χ2n) is 6.67. The Hall–Kier alpha value is -2.08. The number of allylic oxidation sites excluding steroid dienone is 4. The highest BCUT2D eigenvalue weighted by atomic mass is 14.3. The van der Waals surface area contributed by atoms with Crippen LogP contribution in [0.25, 0.3) is 0 Å². The highest BCUT2D eigenvalue weighted by molar-refractivity contribution is 5.49. The molecule has 2 aromatic rings. The van der Waals surface area contributed by atoms with Crippen molar-refractivity contribution in [3.8, 4) is 0 Å². The largest absolute Gasteiger partial charge is 0.0801 e. The van der Waals surface area contributed by atoms with Crippen molar-refractivity contribution in [1.29, 1.82) is 0 Å². The number of aryl methyl sites for hydroxylation is 2. The van der Waals surface area contributed by atoms with E-state index < -0.39 is 0 Å². The molecule has 0 amide bonds. The lowest BCUT2D eigenvalue weighted by molar-refractivity contribution is 0.857. The topological polar surface area (TPSA) is 0 Å². The molecule has 0 radical (unpaired) electrons. The van der Waals surface area contributed by atoms with Crippen LogP contribution >= 0.6 is 0 Å². The third-order valence-electron chi connectivity index (χ3n) is 4.69. The van der Waals surface area contributed by atoms with E-state index in [1.54, 1.807) is 11.1 Å². The first kappa shape index (κ1) is 15.8. The van der Waals surface area contributed by atoms with E-state index in [-0.39, 0.29) is 0 Å². The minimum absolute atomic E-state index is 0.381. The fourth-order valence-electron chi connectivity index (χ4n) is 3.68. The second kappa shape index (κ2) is 7.00. The van der Waals surface area contributed by atoms with E-state index in [9.17, 15) is 0 Å². The van der Waals surface area contributed by atoms with Crippen LogP contribution in [0.5, 0.6) is 0 Å². The van der Waals surface area contributed by atoms with Gasteiger partial charge in [-0.05, 0) is 43.4 Å². The summed E-state index contributed by atoms with van der Waals surface area (Å²) in [5, 5.41) is 0. The van der Waals surface area contributed by atoms with Crippen LogP contribution in [0.2, 0.25) is 0 Å². The standard InChI is InChI=1S/C23H26/c1-4-8-19-11-7-14-22(19)23(20-12-5-9-17(2)15-20)21-13-6-10-18(3)16-21/h5-7,9-13,15-16,23H,4,8,14H2,1-3H3. The molecule has 1 aliphatic carbocycles. The quantitative estimate of drug-likeness (QED) is 0.592. The van der Waals surface area contributed by atoms with Crippen molar-refractivity contribution in [1.82, 2.24) is 0 Å². The van der Waals surface area contributed by atoms with Gasteiger partial charge in [-0.1, -0.05) is 90.7 Å². The monoisotopic (exact) mass is 302 g/mol. The first-order valence-corrected chi connectivity index (χ1v) is 8.70. The number of benzene rings is 2. The minimum Gasteiger partial charge on any atom is -0.0801 e. The van der Waals surface area contributed by atoms with Crippen LogP contribution in [0.1, 0.15) is 54.4 Å². The Morgan fingerprint density at radius 1 is 0.913 bits per heavy atom. The lowest BCUT2D eigenvalue weighted by atomic mass is 9.81. The van der Waals surface area contributed by atoms with Gasteiger partial charge in [-0.15, -0.1) is 0 Å². The van der Waals surface area contributed by atoms with Gasteiger partial charge >= 0.3 is 0 Å². The second-order valence-corrected chi connectivity index (χ2v) is 6.67.